The zero-order valence-corrected chi connectivity index (χ0v) is 24.0. The number of hydrogen-bond donors (Lipinski definition) is 1. The van der Waals surface area contributed by atoms with Gasteiger partial charge in [0.25, 0.3) is 17.0 Å². The molecule has 3 aliphatic heterocycles. The summed E-state index contributed by atoms with van der Waals surface area (Å²) in [5.74, 6) is 0.0418. The quantitative estimate of drug-likeness (QED) is 0.325. The van der Waals surface area contributed by atoms with Crippen molar-refractivity contribution in [3.63, 3.8) is 0 Å². The minimum atomic E-state index is -0.296. The number of aromatic hydroxyl groups is 1. The van der Waals surface area contributed by atoms with Crippen LogP contribution in [0.5, 0.6) is 5.88 Å². The lowest BCUT2D eigenvalue weighted by molar-refractivity contribution is 0.0994. The Labute approximate surface area is 246 Å². The molecule has 1 aromatic heterocycles. The maximum atomic E-state index is 13.3. The third kappa shape index (κ3) is 4.40. The number of hydrogen-bond acceptors (Lipinski definition) is 6. The van der Waals surface area contributed by atoms with Gasteiger partial charge in [0.05, 0.1) is 22.5 Å². The van der Waals surface area contributed by atoms with Crippen LogP contribution >= 0.6 is 0 Å². The van der Waals surface area contributed by atoms with Crippen LogP contribution in [0.4, 0.5) is 5.69 Å². The predicted molar refractivity (Wildman–Crippen MR) is 165 cm³/mol. The third-order valence-electron chi connectivity index (χ3n) is 7.69. The summed E-state index contributed by atoms with van der Waals surface area (Å²) in [6.07, 6.45) is 8.46. The van der Waals surface area contributed by atoms with Crippen LogP contribution in [0.1, 0.15) is 27.0 Å². The number of fused-ring (bicyclic) bond motifs is 2. The number of anilines is 1. The number of carbonyl (C=O) groups is 1. The van der Waals surface area contributed by atoms with Crippen molar-refractivity contribution in [3.8, 4) is 23.0 Å². The SMILES string of the molecule is Cc1c(C=CC=CC=c2c(C)c3c(n(C)c2=O)=NN(c2ccccc2)C3=O)c(O)n(C)c2nn(-c3ccccc3)c(=O)c1-2. The number of nitrogens with zero attached hydrogens (tertiary/aromatic N) is 6. The lowest BCUT2D eigenvalue weighted by Gasteiger charge is -2.13. The molecule has 0 fully saturated rings. The normalized spacial score (nSPS) is 13.5. The molecule has 3 aromatic rings. The Morgan fingerprint density at radius 1 is 0.744 bits per heavy atom. The van der Waals surface area contributed by atoms with Gasteiger partial charge in [-0.15, -0.1) is 10.2 Å². The minimum absolute atomic E-state index is 0.0371. The highest BCUT2D eigenvalue weighted by Crippen LogP contribution is 2.32. The lowest BCUT2D eigenvalue weighted by atomic mass is 10.0. The van der Waals surface area contributed by atoms with E-state index >= 15 is 0 Å². The van der Waals surface area contributed by atoms with Crippen molar-refractivity contribution in [2.75, 3.05) is 5.01 Å². The van der Waals surface area contributed by atoms with Crippen molar-refractivity contribution in [2.24, 2.45) is 19.2 Å². The van der Waals surface area contributed by atoms with Gasteiger partial charge in [0.15, 0.2) is 17.2 Å². The Bertz CT molecular complexity index is 2190. The van der Waals surface area contributed by atoms with E-state index in [1.54, 1.807) is 82.6 Å². The van der Waals surface area contributed by atoms with Crippen LogP contribution < -0.4 is 26.8 Å². The molecule has 2 aromatic carbocycles. The number of amides is 1. The average Bonchev–Trinajstić information content (AvgIpc) is 3.56. The van der Waals surface area contributed by atoms with Crippen LogP contribution in [0, 0.1) is 13.8 Å². The van der Waals surface area contributed by atoms with E-state index in [9.17, 15) is 19.5 Å². The zero-order valence-electron chi connectivity index (χ0n) is 24.0. The van der Waals surface area contributed by atoms with E-state index in [0.717, 1.165) is 0 Å². The summed E-state index contributed by atoms with van der Waals surface area (Å²) in [5.41, 5.74) is 3.43. The largest absolute Gasteiger partial charge is 0.494 e. The molecule has 0 unspecified atom stereocenters. The average molecular weight is 573 g/mol. The molecule has 3 aliphatic rings. The zero-order chi connectivity index (χ0) is 30.4. The predicted octanol–water partition coefficient (Wildman–Crippen LogP) is 2.94. The first kappa shape index (κ1) is 27.4. The highest BCUT2D eigenvalue weighted by atomic mass is 16.3. The monoisotopic (exact) mass is 572 g/mol. The molecule has 1 amide bonds. The van der Waals surface area contributed by atoms with E-state index in [2.05, 4.69) is 10.2 Å². The smallest absolute Gasteiger partial charge is 0.282 e. The van der Waals surface area contributed by atoms with E-state index in [1.807, 2.05) is 36.4 Å². The number of para-hydroxylation sites is 2. The Kier molecular flexibility index (Phi) is 6.73. The second-order valence-electron chi connectivity index (χ2n) is 10.2. The Morgan fingerprint density at radius 2 is 1.40 bits per heavy atom. The summed E-state index contributed by atoms with van der Waals surface area (Å²) < 4.78 is 4.19. The number of pyridine rings is 2. The molecule has 1 N–H and O–H groups in total. The second-order valence-corrected chi connectivity index (χ2v) is 10.2. The standard InChI is InChI=1S/C33H28N6O4/c1-20-24(30(40)36(3)28-26(20)32(42)38(34-28)22-14-8-5-9-15-22)18-12-7-13-19-25-21(2)27-29(37(4)31(25)41)35-39(33(27)43)23-16-10-6-11-17-23/h5-19,40H,1-4H3. The lowest BCUT2D eigenvalue weighted by Crippen LogP contribution is -2.44. The van der Waals surface area contributed by atoms with E-state index in [4.69, 9.17) is 0 Å². The summed E-state index contributed by atoms with van der Waals surface area (Å²) >= 11 is 0. The fourth-order valence-corrected chi connectivity index (χ4v) is 5.32. The van der Waals surface area contributed by atoms with Gasteiger partial charge in [-0.2, -0.15) is 9.69 Å². The number of carbonyl (C=O) groups excluding carboxylic acids is 1. The number of aromatic nitrogens is 4. The van der Waals surface area contributed by atoms with Gasteiger partial charge in [0.1, 0.15) is 0 Å². The van der Waals surface area contributed by atoms with Crippen molar-refractivity contribution in [1.29, 1.82) is 0 Å². The highest BCUT2D eigenvalue weighted by Gasteiger charge is 2.29. The molecule has 0 saturated carbocycles. The summed E-state index contributed by atoms with van der Waals surface area (Å²) in [5, 5.41) is 21.5. The van der Waals surface area contributed by atoms with Crippen LogP contribution in [-0.4, -0.2) is 29.9 Å². The molecule has 0 saturated heterocycles. The number of allylic oxidation sites excluding steroid dienone is 3. The molecule has 0 spiro atoms. The molecule has 43 heavy (non-hydrogen) atoms. The summed E-state index contributed by atoms with van der Waals surface area (Å²) in [6, 6.07) is 18.2. The maximum absolute atomic E-state index is 13.3. The molecule has 4 heterocycles. The first-order valence-electron chi connectivity index (χ1n) is 13.6. The summed E-state index contributed by atoms with van der Waals surface area (Å²) in [7, 11) is 3.25. The first-order valence-corrected chi connectivity index (χ1v) is 13.6. The first-order chi connectivity index (χ1) is 20.7. The van der Waals surface area contributed by atoms with Gasteiger partial charge >= 0.3 is 0 Å². The highest BCUT2D eigenvalue weighted by molar-refractivity contribution is 6.07. The Hall–Kier alpha value is -5.77. The molecule has 0 radical (unpaired) electrons. The molecular formula is C33H28N6O4. The second kappa shape index (κ2) is 10.6. The van der Waals surface area contributed by atoms with Gasteiger partial charge in [0, 0.05) is 24.9 Å². The maximum Gasteiger partial charge on any atom is 0.282 e. The molecule has 0 aliphatic carbocycles. The van der Waals surface area contributed by atoms with E-state index in [-0.39, 0.29) is 22.9 Å². The van der Waals surface area contributed by atoms with Crippen LogP contribution in [0.15, 0.2) is 93.6 Å². The topological polar surface area (TPSA) is 115 Å². The van der Waals surface area contributed by atoms with E-state index in [0.29, 0.717) is 55.7 Å². The molecule has 10 heteroatoms. The Morgan fingerprint density at radius 3 is 2.07 bits per heavy atom. The molecule has 0 atom stereocenters. The molecule has 0 bridgehead atoms. The summed E-state index contributed by atoms with van der Waals surface area (Å²) in [4.78, 5) is 39.8. The van der Waals surface area contributed by atoms with Gasteiger partial charge in [-0.25, -0.2) is 0 Å². The van der Waals surface area contributed by atoms with Gasteiger partial charge < -0.3 is 5.11 Å². The number of rotatable bonds is 5. The van der Waals surface area contributed by atoms with Crippen molar-refractivity contribution < 1.29 is 9.90 Å². The van der Waals surface area contributed by atoms with Crippen molar-refractivity contribution in [3.05, 3.63) is 133 Å². The van der Waals surface area contributed by atoms with Crippen molar-refractivity contribution in [2.45, 2.75) is 13.8 Å². The molecule has 6 rings (SSSR count). The van der Waals surface area contributed by atoms with E-state index < -0.39 is 0 Å². The van der Waals surface area contributed by atoms with Crippen LogP contribution in [0.3, 0.4) is 0 Å². The molecule has 214 valence electrons. The Balaban J connectivity index is 1.35. The van der Waals surface area contributed by atoms with E-state index in [1.165, 1.54) is 18.8 Å². The third-order valence-corrected chi connectivity index (χ3v) is 7.69. The minimum Gasteiger partial charge on any atom is -0.494 e. The van der Waals surface area contributed by atoms with Gasteiger partial charge in [-0.3, -0.25) is 23.5 Å². The van der Waals surface area contributed by atoms with Crippen LogP contribution in [0.2, 0.25) is 0 Å². The van der Waals surface area contributed by atoms with Gasteiger partial charge in [-0.1, -0.05) is 54.6 Å². The fraction of sp³-hybridized carbons (Fsp3) is 0.121. The van der Waals surface area contributed by atoms with Crippen molar-refractivity contribution >= 4 is 23.7 Å². The van der Waals surface area contributed by atoms with Crippen LogP contribution in [-0.2, 0) is 14.1 Å². The molecule has 10 nitrogen and oxygen atoms in total. The number of benzene rings is 2. The van der Waals surface area contributed by atoms with Gasteiger partial charge in [0.2, 0.25) is 0 Å². The van der Waals surface area contributed by atoms with Crippen molar-refractivity contribution in [1.82, 2.24) is 18.9 Å². The molecular weight excluding hydrogens is 544 g/mol. The van der Waals surface area contributed by atoms with Crippen LogP contribution in [0.25, 0.3) is 29.2 Å². The summed E-state index contributed by atoms with van der Waals surface area (Å²) in [6.45, 7) is 3.51. The fourth-order valence-electron chi connectivity index (χ4n) is 5.32. The van der Waals surface area contributed by atoms with Gasteiger partial charge in [-0.05, 0) is 61.4 Å².